The Morgan fingerprint density at radius 1 is 1.25 bits per heavy atom. The van der Waals surface area contributed by atoms with Crippen molar-refractivity contribution in [3.8, 4) is 11.5 Å². The molecule has 1 aromatic rings. The van der Waals surface area contributed by atoms with E-state index < -0.39 is 0 Å². The Labute approximate surface area is 72.3 Å². The maximum Gasteiger partial charge on any atom is 0.142 e. The fourth-order valence-electron chi connectivity index (χ4n) is 0.952. The minimum Gasteiger partial charge on any atom is -0.497 e. The molecule has 0 unspecified atom stereocenters. The van der Waals surface area contributed by atoms with Crippen molar-refractivity contribution in [3.05, 3.63) is 25.2 Å². The molecule has 0 aromatic heterocycles. The molecule has 65 valence electrons. The second-order valence-electron chi connectivity index (χ2n) is 2.24. The Morgan fingerprint density at radius 3 is 2.50 bits per heavy atom. The molecule has 0 aliphatic heterocycles. The van der Waals surface area contributed by atoms with Gasteiger partial charge in [0.1, 0.15) is 11.5 Å². The van der Waals surface area contributed by atoms with Crippen LogP contribution in [0.3, 0.4) is 0 Å². The van der Waals surface area contributed by atoms with Crippen molar-refractivity contribution >= 4 is 5.69 Å². The van der Waals surface area contributed by atoms with E-state index in [0.717, 1.165) is 17.2 Å². The fourth-order valence-corrected chi connectivity index (χ4v) is 0.952. The first-order valence-corrected chi connectivity index (χ1v) is 3.57. The number of nitrogens with one attached hydrogen (secondary N) is 1. The summed E-state index contributed by atoms with van der Waals surface area (Å²) in [4.78, 5) is 0. The molecule has 0 bridgehead atoms. The number of hydrogen-bond acceptors (Lipinski definition) is 3. The van der Waals surface area contributed by atoms with Crippen LogP contribution in [0.15, 0.2) is 18.2 Å². The Hall–Kier alpha value is -1.38. The van der Waals surface area contributed by atoms with Gasteiger partial charge in [-0.05, 0) is 12.1 Å². The predicted octanol–water partition coefficient (Wildman–Crippen LogP) is 1.91. The SMILES string of the molecule is [CH2]Nc1cc(OC)ccc1OC. The topological polar surface area (TPSA) is 30.5 Å². The van der Waals surface area contributed by atoms with Crippen LogP contribution in [0.1, 0.15) is 0 Å². The summed E-state index contributed by atoms with van der Waals surface area (Å²) in [5.41, 5.74) is 0.817. The van der Waals surface area contributed by atoms with Crippen molar-refractivity contribution in [2.24, 2.45) is 0 Å². The van der Waals surface area contributed by atoms with Gasteiger partial charge in [-0.15, -0.1) is 0 Å². The molecule has 1 rings (SSSR count). The number of ether oxygens (including phenoxy) is 2. The first-order chi connectivity index (χ1) is 5.81. The average molecular weight is 166 g/mol. The van der Waals surface area contributed by atoms with Crippen molar-refractivity contribution < 1.29 is 9.47 Å². The Morgan fingerprint density at radius 2 is 2.00 bits per heavy atom. The fraction of sp³-hybridized carbons (Fsp3) is 0.222. The third-order valence-electron chi connectivity index (χ3n) is 1.60. The summed E-state index contributed by atoms with van der Waals surface area (Å²) in [6.07, 6.45) is 0. The minimum atomic E-state index is 0.755. The van der Waals surface area contributed by atoms with Crippen LogP contribution in [-0.4, -0.2) is 14.2 Å². The molecule has 0 atom stereocenters. The Bertz CT molecular complexity index is 261. The Balaban J connectivity index is 3.02. The third-order valence-corrected chi connectivity index (χ3v) is 1.60. The molecule has 1 radical (unpaired) electrons. The van der Waals surface area contributed by atoms with E-state index in [2.05, 4.69) is 12.4 Å². The molecule has 0 spiro atoms. The second kappa shape index (κ2) is 3.85. The highest BCUT2D eigenvalue weighted by Gasteiger charge is 2.01. The summed E-state index contributed by atoms with van der Waals surface area (Å²) >= 11 is 0. The standard InChI is InChI=1S/C9H12NO2/c1-10-8-6-7(11-2)4-5-9(8)12-3/h4-6,10H,1H2,2-3H3. The zero-order valence-corrected chi connectivity index (χ0v) is 7.26. The average Bonchev–Trinajstić information content (AvgIpc) is 2.16. The van der Waals surface area contributed by atoms with E-state index in [0.29, 0.717) is 0 Å². The molecule has 0 heterocycles. The summed E-state index contributed by atoms with van der Waals surface area (Å²) in [7, 11) is 6.79. The number of hydrogen-bond donors (Lipinski definition) is 1. The molecule has 0 aliphatic carbocycles. The maximum absolute atomic E-state index is 5.08. The van der Waals surface area contributed by atoms with Crippen LogP contribution in [0.5, 0.6) is 11.5 Å². The highest BCUT2D eigenvalue weighted by Crippen LogP contribution is 2.28. The van der Waals surface area contributed by atoms with Crippen molar-refractivity contribution in [2.45, 2.75) is 0 Å². The van der Waals surface area contributed by atoms with Crippen molar-refractivity contribution in [3.63, 3.8) is 0 Å². The molecular weight excluding hydrogens is 154 g/mol. The minimum absolute atomic E-state index is 0.755. The quantitative estimate of drug-likeness (QED) is 0.744. The molecule has 1 N–H and O–H groups in total. The van der Waals surface area contributed by atoms with Gasteiger partial charge in [0.2, 0.25) is 0 Å². The van der Waals surface area contributed by atoms with Gasteiger partial charge in [-0.25, -0.2) is 0 Å². The van der Waals surface area contributed by atoms with E-state index in [9.17, 15) is 0 Å². The molecule has 0 saturated carbocycles. The molecule has 3 heteroatoms. The van der Waals surface area contributed by atoms with Crippen LogP contribution in [0.4, 0.5) is 5.69 Å². The van der Waals surface area contributed by atoms with Gasteiger partial charge in [0.15, 0.2) is 0 Å². The lowest BCUT2D eigenvalue weighted by Gasteiger charge is -2.08. The zero-order valence-electron chi connectivity index (χ0n) is 7.26. The van der Waals surface area contributed by atoms with Gasteiger partial charge in [0.25, 0.3) is 0 Å². The van der Waals surface area contributed by atoms with E-state index in [1.54, 1.807) is 14.2 Å². The molecule has 0 aliphatic rings. The number of anilines is 1. The molecule has 0 amide bonds. The normalized spacial score (nSPS) is 9.25. The van der Waals surface area contributed by atoms with Gasteiger partial charge in [0.05, 0.1) is 19.9 Å². The van der Waals surface area contributed by atoms with Crippen molar-refractivity contribution in [1.82, 2.24) is 0 Å². The summed E-state index contributed by atoms with van der Waals surface area (Å²) in [5.74, 6) is 1.53. The van der Waals surface area contributed by atoms with E-state index >= 15 is 0 Å². The van der Waals surface area contributed by atoms with E-state index in [1.165, 1.54) is 0 Å². The molecule has 0 fully saturated rings. The van der Waals surface area contributed by atoms with Gasteiger partial charge in [-0.3, -0.25) is 0 Å². The van der Waals surface area contributed by atoms with Gasteiger partial charge in [0, 0.05) is 13.1 Å². The third kappa shape index (κ3) is 1.61. The summed E-state index contributed by atoms with van der Waals surface area (Å²) in [6, 6.07) is 5.48. The lowest BCUT2D eigenvalue weighted by atomic mass is 10.3. The second-order valence-corrected chi connectivity index (χ2v) is 2.24. The lowest BCUT2D eigenvalue weighted by molar-refractivity contribution is 0.405. The summed E-state index contributed by atoms with van der Waals surface area (Å²) < 4.78 is 10.1. The van der Waals surface area contributed by atoms with Crippen LogP contribution in [0, 0.1) is 7.05 Å². The molecule has 0 saturated heterocycles. The maximum atomic E-state index is 5.08. The van der Waals surface area contributed by atoms with Crippen LogP contribution in [0.25, 0.3) is 0 Å². The molecule has 12 heavy (non-hydrogen) atoms. The van der Waals surface area contributed by atoms with Crippen LogP contribution < -0.4 is 14.8 Å². The van der Waals surface area contributed by atoms with Crippen molar-refractivity contribution in [1.29, 1.82) is 0 Å². The van der Waals surface area contributed by atoms with Gasteiger partial charge in [-0.1, -0.05) is 0 Å². The number of benzene rings is 1. The highest BCUT2D eigenvalue weighted by molar-refractivity contribution is 5.59. The first kappa shape index (κ1) is 8.71. The smallest absolute Gasteiger partial charge is 0.142 e. The van der Waals surface area contributed by atoms with Gasteiger partial charge < -0.3 is 14.8 Å². The summed E-state index contributed by atoms with van der Waals surface area (Å²) in [5, 5.41) is 2.77. The zero-order chi connectivity index (χ0) is 8.97. The first-order valence-electron chi connectivity index (χ1n) is 3.57. The van der Waals surface area contributed by atoms with Crippen LogP contribution in [0.2, 0.25) is 0 Å². The predicted molar refractivity (Wildman–Crippen MR) is 48.5 cm³/mol. The number of rotatable bonds is 3. The molecular formula is C9H12NO2. The van der Waals surface area contributed by atoms with Crippen molar-refractivity contribution in [2.75, 3.05) is 19.5 Å². The van der Waals surface area contributed by atoms with E-state index in [-0.39, 0.29) is 0 Å². The van der Waals surface area contributed by atoms with Gasteiger partial charge in [-0.2, -0.15) is 0 Å². The van der Waals surface area contributed by atoms with Crippen LogP contribution >= 0.6 is 0 Å². The van der Waals surface area contributed by atoms with Crippen LogP contribution in [-0.2, 0) is 0 Å². The van der Waals surface area contributed by atoms with Gasteiger partial charge >= 0.3 is 0 Å². The summed E-state index contributed by atoms with van der Waals surface area (Å²) in [6.45, 7) is 0. The van der Waals surface area contributed by atoms with E-state index in [4.69, 9.17) is 9.47 Å². The lowest BCUT2D eigenvalue weighted by Crippen LogP contribution is -1.92. The monoisotopic (exact) mass is 166 g/mol. The Kier molecular flexibility index (Phi) is 2.80. The number of methoxy groups -OCH3 is 2. The largest absolute Gasteiger partial charge is 0.497 e. The highest BCUT2D eigenvalue weighted by atomic mass is 16.5. The van der Waals surface area contributed by atoms with E-state index in [1.807, 2.05) is 18.2 Å². The molecule has 1 aromatic carbocycles. The molecule has 3 nitrogen and oxygen atoms in total.